The molecule has 2 N–H and O–H groups in total. The van der Waals surface area contributed by atoms with E-state index in [0.717, 1.165) is 27.9 Å². The second-order valence-corrected chi connectivity index (χ2v) is 5.65. The quantitative estimate of drug-likeness (QED) is 0.737. The zero-order chi connectivity index (χ0) is 16.9. The van der Waals surface area contributed by atoms with Gasteiger partial charge in [-0.3, -0.25) is 4.79 Å². The molecule has 0 aliphatic heterocycles. The molecule has 24 heavy (non-hydrogen) atoms. The Morgan fingerprint density at radius 1 is 0.917 bits per heavy atom. The van der Waals surface area contributed by atoms with Crippen LogP contribution in [-0.2, 0) is 4.79 Å². The Bertz CT molecular complexity index is 844. The summed E-state index contributed by atoms with van der Waals surface area (Å²) < 4.78 is 5.13. The summed E-state index contributed by atoms with van der Waals surface area (Å²) in [4.78, 5) is 12.4. The van der Waals surface area contributed by atoms with E-state index >= 15 is 0 Å². The van der Waals surface area contributed by atoms with E-state index in [-0.39, 0.29) is 11.9 Å². The minimum Gasteiger partial charge on any atom is -0.497 e. The monoisotopic (exact) mass is 320 g/mol. The van der Waals surface area contributed by atoms with Gasteiger partial charge in [0.05, 0.1) is 7.11 Å². The first-order chi connectivity index (χ1) is 11.7. The van der Waals surface area contributed by atoms with Gasteiger partial charge >= 0.3 is 0 Å². The van der Waals surface area contributed by atoms with Gasteiger partial charge in [0.2, 0.25) is 5.91 Å². The van der Waals surface area contributed by atoms with Crippen molar-refractivity contribution in [2.24, 2.45) is 0 Å². The molecule has 3 aromatic rings. The fourth-order valence-electron chi connectivity index (χ4n) is 2.52. The normalized spacial score (nSPS) is 11.8. The molecule has 0 bridgehead atoms. The van der Waals surface area contributed by atoms with Crippen LogP contribution in [0.1, 0.15) is 6.92 Å². The average Bonchev–Trinajstić information content (AvgIpc) is 2.62. The van der Waals surface area contributed by atoms with Crippen LogP contribution in [0.15, 0.2) is 66.7 Å². The molecule has 0 fully saturated rings. The number of hydrogen-bond donors (Lipinski definition) is 2. The van der Waals surface area contributed by atoms with E-state index < -0.39 is 0 Å². The summed E-state index contributed by atoms with van der Waals surface area (Å²) in [6.07, 6.45) is 0. The molecule has 1 amide bonds. The molecule has 0 aromatic heterocycles. The van der Waals surface area contributed by atoms with E-state index in [1.807, 2.05) is 67.6 Å². The van der Waals surface area contributed by atoms with Gasteiger partial charge in [0.25, 0.3) is 0 Å². The minimum atomic E-state index is -0.357. The van der Waals surface area contributed by atoms with Gasteiger partial charge in [0, 0.05) is 11.4 Å². The molecule has 3 aromatic carbocycles. The second kappa shape index (κ2) is 7.04. The predicted molar refractivity (Wildman–Crippen MR) is 98.7 cm³/mol. The summed E-state index contributed by atoms with van der Waals surface area (Å²) in [7, 11) is 1.63. The lowest BCUT2D eigenvalue weighted by molar-refractivity contribution is -0.116. The summed E-state index contributed by atoms with van der Waals surface area (Å²) in [6.45, 7) is 1.83. The Morgan fingerprint density at radius 3 is 2.29 bits per heavy atom. The van der Waals surface area contributed by atoms with Crippen molar-refractivity contribution >= 4 is 28.1 Å². The summed E-state index contributed by atoms with van der Waals surface area (Å²) >= 11 is 0. The molecule has 0 saturated carbocycles. The highest BCUT2D eigenvalue weighted by Gasteiger charge is 2.13. The molecular formula is C20H20N2O2. The molecule has 122 valence electrons. The topological polar surface area (TPSA) is 50.4 Å². The van der Waals surface area contributed by atoms with E-state index in [1.165, 1.54) is 0 Å². The van der Waals surface area contributed by atoms with E-state index in [4.69, 9.17) is 4.74 Å². The van der Waals surface area contributed by atoms with Gasteiger partial charge in [-0.05, 0) is 54.1 Å². The maximum absolute atomic E-state index is 12.4. The highest BCUT2D eigenvalue weighted by Crippen LogP contribution is 2.20. The Labute approximate surface area is 141 Å². The molecule has 4 heteroatoms. The van der Waals surface area contributed by atoms with Crippen molar-refractivity contribution < 1.29 is 9.53 Å². The Kier molecular flexibility index (Phi) is 4.66. The maximum Gasteiger partial charge on any atom is 0.246 e. The smallest absolute Gasteiger partial charge is 0.246 e. The number of fused-ring (bicyclic) bond motifs is 1. The number of carbonyl (C=O) groups is 1. The number of nitrogens with one attached hydrogen (secondary N) is 2. The van der Waals surface area contributed by atoms with Crippen LogP contribution in [0.5, 0.6) is 5.75 Å². The lowest BCUT2D eigenvalue weighted by Gasteiger charge is -2.16. The standard InChI is InChI=1S/C20H20N2O2/c1-14(21-17-9-11-19(24-2)12-10-17)20(23)22-18-8-7-15-5-3-4-6-16(15)13-18/h3-14,21H,1-2H3,(H,22,23)/t14-/m1/s1. The molecule has 0 aliphatic carbocycles. The van der Waals surface area contributed by atoms with Crippen LogP contribution in [0.4, 0.5) is 11.4 Å². The van der Waals surface area contributed by atoms with Crippen molar-refractivity contribution in [3.05, 3.63) is 66.7 Å². The van der Waals surface area contributed by atoms with Crippen LogP contribution in [0.25, 0.3) is 10.8 Å². The molecule has 0 heterocycles. The molecule has 1 atom stereocenters. The third kappa shape index (κ3) is 3.66. The maximum atomic E-state index is 12.4. The lowest BCUT2D eigenvalue weighted by atomic mass is 10.1. The van der Waals surface area contributed by atoms with Gasteiger partial charge in [-0.1, -0.05) is 30.3 Å². The minimum absolute atomic E-state index is 0.0823. The second-order valence-electron chi connectivity index (χ2n) is 5.65. The fourth-order valence-corrected chi connectivity index (χ4v) is 2.52. The van der Waals surface area contributed by atoms with E-state index in [1.54, 1.807) is 7.11 Å². The number of carbonyl (C=O) groups excluding carboxylic acids is 1. The molecule has 0 spiro atoms. The number of benzene rings is 3. The molecule has 3 rings (SSSR count). The van der Waals surface area contributed by atoms with Crippen LogP contribution < -0.4 is 15.4 Å². The predicted octanol–water partition coefficient (Wildman–Crippen LogP) is 4.29. The van der Waals surface area contributed by atoms with Crippen molar-refractivity contribution in [3.63, 3.8) is 0 Å². The lowest BCUT2D eigenvalue weighted by Crippen LogP contribution is -2.31. The average molecular weight is 320 g/mol. The fraction of sp³-hybridized carbons (Fsp3) is 0.150. The SMILES string of the molecule is COc1ccc(N[C@H](C)C(=O)Nc2ccc3ccccc3c2)cc1. The number of rotatable bonds is 5. The van der Waals surface area contributed by atoms with Crippen LogP contribution in [-0.4, -0.2) is 19.1 Å². The van der Waals surface area contributed by atoms with Crippen LogP contribution in [0.3, 0.4) is 0 Å². The third-order valence-corrected chi connectivity index (χ3v) is 3.88. The van der Waals surface area contributed by atoms with Crippen molar-refractivity contribution in [1.29, 1.82) is 0 Å². The van der Waals surface area contributed by atoms with Crippen molar-refractivity contribution in [2.45, 2.75) is 13.0 Å². The number of amides is 1. The third-order valence-electron chi connectivity index (χ3n) is 3.88. The Morgan fingerprint density at radius 2 is 1.58 bits per heavy atom. The summed E-state index contributed by atoms with van der Waals surface area (Å²) in [5.74, 6) is 0.704. The van der Waals surface area contributed by atoms with Gasteiger partial charge in [0.1, 0.15) is 11.8 Å². The van der Waals surface area contributed by atoms with Gasteiger partial charge < -0.3 is 15.4 Å². The first kappa shape index (κ1) is 15.9. The van der Waals surface area contributed by atoms with Crippen molar-refractivity contribution in [1.82, 2.24) is 0 Å². The van der Waals surface area contributed by atoms with Gasteiger partial charge in [-0.2, -0.15) is 0 Å². The highest BCUT2D eigenvalue weighted by atomic mass is 16.5. The Hall–Kier alpha value is -3.01. The first-order valence-corrected chi connectivity index (χ1v) is 7.86. The molecule has 4 nitrogen and oxygen atoms in total. The number of hydrogen-bond acceptors (Lipinski definition) is 3. The summed E-state index contributed by atoms with van der Waals surface area (Å²) in [5.41, 5.74) is 1.67. The van der Waals surface area contributed by atoms with Crippen molar-refractivity contribution in [2.75, 3.05) is 17.7 Å². The van der Waals surface area contributed by atoms with E-state index in [2.05, 4.69) is 16.7 Å². The summed E-state index contributed by atoms with van der Waals surface area (Å²) in [5, 5.41) is 8.39. The number of anilines is 2. The van der Waals surface area contributed by atoms with Crippen LogP contribution in [0, 0.1) is 0 Å². The van der Waals surface area contributed by atoms with E-state index in [9.17, 15) is 4.79 Å². The summed E-state index contributed by atoms with van der Waals surface area (Å²) in [6, 6.07) is 21.1. The largest absolute Gasteiger partial charge is 0.497 e. The zero-order valence-electron chi connectivity index (χ0n) is 13.7. The van der Waals surface area contributed by atoms with Gasteiger partial charge in [0.15, 0.2) is 0 Å². The molecular weight excluding hydrogens is 300 g/mol. The molecule has 0 radical (unpaired) electrons. The number of methoxy groups -OCH3 is 1. The van der Waals surface area contributed by atoms with Crippen molar-refractivity contribution in [3.8, 4) is 5.75 Å². The van der Waals surface area contributed by atoms with Gasteiger partial charge in [-0.25, -0.2) is 0 Å². The zero-order valence-corrected chi connectivity index (χ0v) is 13.7. The number of ether oxygens (including phenoxy) is 1. The molecule has 0 saturated heterocycles. The molecule has 0 unspecified atom stereocenters. The van der Waals surface area contributed by atoms with Crippen LogP contribution in [0.2, 0.25) is 0 Å². The van der Waals surface area contributed by atoms with Crippen LogP contribution >= 0.6 is 0 Å². The molecule has 0 aliphatic rings. The first-order valence-electron chi connectivity index (χ1n) is 7.86. The van der Waals surface area contributed by atoms with E-state index in [0.29, 0.717) is 0 Å². The highest BCUT2D eigenvalue weighted by molar-refractivity contribution is 5.98. The van der Waals surface area contributed by atoms with Gasteiger partial charge in [-0.15, -0.1) is 0 Å². The Balaban J connectivity index is 1.66.